The second-order valence-corrected chi connectivity index (χ2v) is 6.69. The largest absolute Gasteiger partial charge is 0.333 e. The Balaban J connectivity index is 2.09. The van der Waals surface area contributed by atoms with E-state index >= 15 is 0 Å². The van der Waals surface area contributed by atoms with Gasteiger partial charge in [-0.2, -0.15) is 0 Å². The van der Waals surface area contributed by atoms with E-state index in [-0.39, 0.29) is 11.6 Å². The molecule has 1 aliphatic heterocycles. The summed E-state index contributed by atoms with van der Waals surface area (Å²) in [5, 5.41) is 3.05. The average molecular weight is 304 g/mol. The summed E-state index contributed by atoms with van der Waals surface area (Å²) in [6, 6.07) is 15.6. The molecule has 2 aromatic rings. The number of anilines is 1. The van der Waals surface area contributed by atoms with Crippen LogP contribution in [0.2, 0.25) is 0 Å². The highest BCUT2D eigenvalue weighted by atomic mass is 16.2. The summed E-state index contributed by atoms with van der Waals surface area (Å²) in [6.45, 7) is 6.45. The van der Waals surface area contributed by atoms with E-state index in [1.807, 2.05) is 69.3 Å². The highest BCUT2D eigenvalue weighted by molar-refractivity contribution is 5.94. The third-order valence-corrected chi connectivity index (χ3v) is 3.60. The first kappa shape index (κ1) is 15.2. The van der Waals surface area contributed by atoms with Crippen LogP contribution in [0.25, 0.3) is 0 Å². The molecule has 2 aromatic carbocycles. The lowest BCUT2D eigenvalue weighted by atomic mass is 10.0. The Bertz CT molecular complexity index is 806. The lowest BCUT2D eigenvalue weighted by Gasteiger charge is -2.30. The molecule has 0 radical (unpaired) electrons. The Kier molecular flexibility index (Phi) is 3.83. The van der Waals surface area contributed by atoms with Gasteiger partial charge in [-0.1, -0.05) is 42.2 Å². The Hall–Kier alpha value is -2.73. The first-order valence-corrected chi connectivity index (χ1v) is 7.73. The zero-order valence-corrected chi connectivity index (χ0v) is 13.7. The van der Waals surface area contributed by atoms with Crippen molar-refractivity contribution in [3.63, 3.8) is 0 Å². The smallest absolute Gasteiger partial charge is 0.322 e. The topological polar surface area (TPSA) is 32.3 Å². The first-order chi connectivity index (χ1) is 10.9. The van der Waals surface area contributed by atoms with Crippen LogP contribution >= 0.6 is 0 Å². The van der Waals surface area contributed by atoms with E-state index in [9.17, 15) is 4.79 Å². The molecule has 3 rings (SSSR count). The van der Waals surface area contributed by atoms with E-state index in [4.69, 9.17) is 0 Å². The van der Waals surface area contributed by atoms with Crippen molar-refractivity contribution in [2.75, 3.05) is 4.90 Å². The SMILES string of the molecule is CC(C)(C)NC(=O)N1Cc2ccccc2C#Cc2ccccc21. The molecule has 0 spiro atoms. The minimum atomic E-state index is -0.292. The van der Waals surface area contributed by atoms with Gasteiger partial charge in [-0.05, 0) is 44.5 Å². The van der Waals surface area contributed by atoms with Gasteiger partial charge < -0.3 is 5.32 Å². The molecule has 0 atom stereocenters. The van der Waals surface area contributed by atoms with Crippen LogP contribution in [0.3, 0.4) is 0 Å². The van der Waals surface area contributed by atoms with Crippen LogP contribution in [0, 0.1) is 11.8 Å². The van der Waals surface area contributed by atoms with Crippen LogP contribution in [0.15, 0.2) is 48.5 Å². The molecule has 0 bridgehead atoms. The van der Waals surface area contributed by atoms with Crippen LogP contribution in [-0.4, -0.2) is 11.6 Å². The van der Waals surface area contributed by atoms with Gasteiger partial charge in [-0.3, -0.25) is 4.90 Å². The fourth-order valence-corrected chi connectivity index (χ4v) is 2.55. The van der Waals surface area contributed by atoms with E-state index in [0.717, 1.165) is 22.4 Å². The standard InChI is InChI=1S/C20H20N2O/c1-20(2,3)21-19(23)22-14-17-10-5-4-8-15(17)12-13-16-9-6-7-11-18(16)22/h4-11H,14H2,1-3H3,(H,21,23). The number of carbonyl (C=O) groups is 1. The minimum Gasteiger partial charge on any atom is -0.333 e. The van der Waals surface area contributed by atoms with Crippen LogP contribution in [-0.2, 0) is 6.54 Å². The van der Waals surface area contributed by atoms with Crippen LogP contribution < -0.4 is 10.2 Å². The molecule has 3 nitrogen and oxygen atoms in total. The molecule has 1 aliphatic rings. The molecule has 0 aromatic heterocycles. The lowest BCUT2D eigenvalue weighted by Crippen LogP contribution is -2.48. The molecular formula is C20H20N2O. The van der Waals surface area contributed by atoms with Gasteiger partial charge in [-0.25, -0.2) is 4.79 Å². The Labute approximate surface area is 137 Å². The van der Waals surface area contributed by atoms with Gasteiger partial charge in [-0.15, -0.1) is 0 Å². The Morgan fingerprint density at radius 3 is 2.35 bits per heavy atom. The molecule has 1 heterocycles. The van der Waals surface area contributed by atoms with Gasteiger partial charge in [0.15, 0.2) is 0 Å². The summed E-state index contributed by atoms with van der Waals surface area (Å²) in [6.07, 6.45) is 0. The van der Waals surface area contributed by atoms with Gasteiger partial charge in [0, 0.05) is 16.7 Å². The Morgan fingerprint density at radius 2 is 1.61 bits per heavy atom. The van der Waals surface area contributed by atoms with Gasteiger partial charge >= 0.3 is 6.03 Å². The van der Waals surface area contributed by atoms with Crippen molar-refractivity contribution >= 4 is 11.7 Å². The Morgan fingerprint density at radius 1 is 1.00 bits per heavy atom. The molecule has 0 saturated carbocycles. The number of hydrogen-bond donors (Lipinski definition) is 1. The fraction of sp³-hybridized carbons (Fsp3) is 0.250. The van der Waals surface area contributed by atoms with Crippen LogP contribution in [0.1, 0.15) is 37.5 Å². The van der Waals surface area contributed by atoms with Crippen molar-refractivity contribution in [1.82, 2.24) is 5.32 Å². The third kappa shape index (κ3) is 3.37. The molecule has 116 valence electrons. The van der Waals surface area contributed by atoms with Crippen molar-refractivity contribution in [3.8, 4) is 11.8 Å². The third-order valence-electron chi connectivity index (χ3n) is 3.60. The molecule has 3 heteroatoms. The molecule has 0 unspecified atom stereocenters. The molecule has 0 fully saturated rings. The van der Waals surface area contributed by atoms with Gasteiger partial charge in [0.25, 0.3) is 0 Å². The number of para-hydroxylation sites is 1. The van der Waals surface area contributed by atoms with Crippen molar-refractivity contribution in [2.45, 2.75) is 32.9 Å². The maximum Gasteiger partial charge on any atom is 0.322 e. The second-order valence-electron chi connectivity index (χ2n) is 6.69. The minimum absolute atomic E-state index is 0.108. The quantitative estimate of drug-likeness (QED) is 0.735. The second kappa shape index (κ2) is 5.81. The molecular weight excluding hydrogens is 284 g/mol. The van der Waals surface area contributed by atoms with Crippen molar-refractivity contribution in [3.05, 3.63) is 65.2 Å². The molecule has 0 saturated heterocycles. The number of nitrogens with zero attached hydrogens (tertiary/aromatic N) is 1. The van der Waals surface area contributed by atoms with Gasteiger partial charge in [0.05, 0.1) is 12.2 Å². The number of rotatable bonds is 0. The number of fused-ring (bicyclic) bond motifs is 2. The average Bonchev–Trinajstić information content (AvgIpc) is 2.48. The number of benzene rings is 2. The summed E-state index contributed by atoms with van der Waals surface area (Å²) in [7, 11) is 0. The predicted octanol–water partition coefficient (Wildman–Crippen LogP) is 3.91. The van der Waals surface area contributed by atoms with Crippen molar-refractivity contribution in [1.29, 1.82) is 0 Å². The van der Waals surface area contributed by atoms with Gasteiger partial charge in [0.2, 0.25) is 0 Å². The zero-order valence-electron chi connectivity index (χ0n) is 13.7. The zero-order chi connectivity index (χ0) is 16.4. The lowest BCUT2D eigenvalue weighted by molar-refractivity contribution is 0.237. The van der Waals surface area contributed by atoms with E-state index in [0.29, 0.717) is 6.54 Å². The van der Waals surface area contributed by atoms with Crippen LogP contribution in [0.4, 0.5) is 10.5 Å². The maximum atomic E-state index is 12.8. The highest BCUT2D eigenvalue weighted by Crippen LogP contribution is 2.25. The fourth-order valence-electron chi connectivity index (χ4n) is 2.55. The van der Waals surface area contributed by atoms with E-state index in [1.54, 1.807) is 4.90 Å². The van der Waals surface area contributed by atoms with Gasteiger partial charge in [0.1, 0.15) is 0 Å². The summed E-state index contributed by atoms with van der Waals surface area (Å²) in [5.74, 6) is 6.42. The summed E-state index contributed by atoms with van der Waals surface area (Å²) >= 11 is 0. The number of urea groups is 1. The van der Waals surface area contributed by atoms with E-state index in [1.165, 1.54) is 0 Å². The van der Waals surface area contributed by atoms with Crippen LogP contribution in [0.5, 0.6) is 0 Å². The predicted molar refractivity (Wildman–Crippen MR) is 93.3 cm³/mol. The summed E-state index contributed by atoms with van der Waals surface area (Å²) < 4.78 is 0. The molecule has 0 aliphatic carbocycles. The normalized spacial score (nSPS) is 12.9. The first-order valence-electron chi connectivity index (χ1n) is 7.73. The van der Waals surface area contributed by atoms with E-state index < -0.39 is 0 Å². The maximum absolute atomic E-state index is 12.8. The van der Waals surface area contributed by atoms with E-state index in [2.05, 4.69) is 17.2 Å². The molecule has 23 heavy (non-hydrogen) atoms. The number of nitrogens with one attached hydrogen (secondary N) is 1. The summed E-state index contributed by atoms with van der Waals surface area (Å²) in [5.41, 5.74) is 3.44. The number of carbonyl (C=O) groups excluding carboxylic acids is 1. The monoisotopic (exact) mass is 304 g/mol. The van der Waals surface area contributed by atoms with Crippen molar-refractivity contribution in [2.24, 2.45) is 0 Å². The molecule has 1 N–H and O–H groups in total. The number of hydrogen-bond acceptors (Lipinski definition) is 1. The summed E-state index contributed by atoms with van der Waals surface area (Å²) in [4.78, 5) is 14.6. The van der Waals surface area contributed by atoms with Crippen molar-refractivity contribution < 1.29 is 4.79 Å². The molecule has 2 amide bonds. The highest BCUT2D eigenvalue weighted by Gasteiger charge is 2.24. The number of amides is 2.